The maximum absolute atomic E-state index is 8.73. The Morgan fingerprint density at radius 2 is 2.13 bits per heavy atom. The third kappa shape index (κ3) is 1.72. The monoisotopic (exact) mass is 217 g/mol. The summed E-state index contributed by atoms with van der Waals surface area (Å²) in [6.07, 6.45) is 0. The number of hydrogen-bond donors (Lipinski definition) is 0. The molecule has 1 heterocycles. The summed E-state index contributed by atoms with van der Waals surface area (Å²) in [4.78, 5) is 0. The lowest BCUT2D eigenvalue weighted by Crippen LogP contribution is -1.99. The van der Waals surface area contributed by atoms with Crippen molar-refractivity contribution in [2.75, 3.05) is 0 Å². The molecule has 4 heteroatoms. The van der Waals surface area contributed by atoms with Crippen LogP contribution in [0, 0.1) is 18.3 Å². The third-order valence-corrected chi connectivity index (χ3v) is 2.40. The van der Waals surface area contributed by atoms with Crippen molar-refractivity contribution in [1.29, 1.82) is 5.26 Å². The molecule has 0 unspecified atom stereocenters. The van der Waals surface area contributed by atoms with Gasteiger partial charge in [0.15, 0.2) is 5.69 Å². The van der Waals surface area contributed by atoms with Crippen molar-refractivity contribution in [3.8, 4) is 11.8 Å². The van der Waals surface area contributed by atoms with Crippen LogP contribution in [0.25, 0.3) is 5.69 Å². The fraction of sp³-hybridized carbons (Fsp3) is 0.0909. The first-order valence-corrected chi connectivity index (χ1v) is 4.82. The molecule has 0 atom stereocenters. The average molecular weight is 218 g/mol. The molecule has 0 fully saturated rings. The van der Waals surface area contributed by atoms with E-state index in [1.807, 2.05) is 31.2 Å². The maximum Gasteiger partial charge on any atom is 0.163 e. The van der Waals surface area contributed by atoms with Gasteiger partial charge in [-0.15, -0.1) is 0 Å². The number of benzene rings is 1. The smallest absolute Gasteiger partial charge is 0.163 e. The van der Waals surface area contributed by atoms with E-state index in [1.165, 1.54) is 0 Å². The van der Waals surface area contributed by atoms with E-state index in [0.717, 1.165) is 11.4 Å². The Labute approximate surface area is 92.5 Å². The molecule has 74 valence electrons. The molecule has 0 aliphatic carbocycles. The highest BCUT2D eigenvalue weighted by Crippen LogP contribution is 2.20. The van der Waals surface area contributed by atoms with E-state index in [0.29, 0.717) is 10.7 Å². The Hall–Kier alpha value is -1.79. The van der Waals surface area contributed by atoms with Gasteiger partial charge in [0, 0.05) is 5.69 Å². The summed E-state index contributed by atoms with van der Waals surface area (Å²) in [5.74, 6) is 0. The van der Waals surface area contributed by atoms with Gasteiger partial charge in [0.2, 0.25) is 0 Å². The van der Waals surface area contributed by atoms with Crippen molar-refractivity contribution in [3.63, 3.8) is 0 Å². The summed E-state index contributed by atoms with van der Waals surface area (Å²) in [6.45, 7) is 1.89. The maximum atomic E-state index is 8.73. The van der Waals surface area contributed by atoms with Crippen LogP contribution in [0.15, 0.2) is 30.3 Å². The van der Waals surface area contributed by atoms with Gasteiger partial charge in [-0.3, -0.25) is 0 Å². The normalized spacial score (nSPS) is 9.93. The second-order valence-electron chi connectivity index (χ2n) is 3.15. The number of rotatable bonds is 1. The fourth-order valence-corrected chi connectivity index (χ4v) is 1.61. The van der Waals surface area contributed by atoms with Crippen molar-refractivity contribution in [2.24, 2.45) is 0 Å². The van der Waals surface area contributed by atoms with Gasteiger partial charge in [-0.1, -0.05) is 23.7 Å². The Balaban J connectivity index is 2.60. The van der Waals surface area contributed by atoms with E-state index < -0.39 is 0 Å². The van der Waals surface area contributed by atoms with Gasteiger partial charge >= 0.3 is 0 Å². The minimum Gasteiger partial charge on any atom is -0.235 e. The second kappa shape index (κ2) is 3.76. The zero-order chi connectivity index (χ0) is 10.8. The Morgan fingerprint density at radius 3 is 2.73 bits per heavy atom. The summed E-state index contributed by atoms with van der Waals surface area (Å²) < 4.78 is 1.67. The van der Waals surface area contributed by atoms with Gasteiger partial charge in [-0.2, -0.15) is 10.4 Å². The standard InChI is InChI=1S/C11H8ClN3/c1-8-6-9(7-13)14-15(8)11-5-3-2-4-10(11)12/h2-6H,1H3. The number of nitriles is 1. The van der Waals surface area contributed by atoms with Crippen molar-refractivity contribution in [1.82, 2.24) is 9.78 Å². The first-order chi connectivity index (χ1) is 7.22. The first-order valence-electron chi connectivity index (χ1n) is 4.44. The summed E-state index contributed by atoms with van der Waals surface area (Å²) in [5.41, 5.74) is 2.07. The molecule has 0 saturated heterocycles. The van der Waals surface area contributed by atoms with Crippen LogP contribution in [0.5, 0.6) is 0 Å². The average Bonchev–Trinajstić information content (AvgIpc) is 2.60. The fourth-order valence-electron chi connectivity index (χ4n) is 1.40. The topological polar surface area (TPSA) is 41.6 Å². The van der Waals surface area contributed by atoms with Gasteiger partial charge in [-0.05, 0) is 25.1 Å². The van der Waals surface area contributed by atoms with E-state index in [4.69, 9.17) is 16.9 Å². The highest BCUT2D eigenvalue weighted by Gasteiger charge is 2.07. The lowest BCUT2D eigenvalue weighted by atomic mass is 10.3. The van der Waals surface area contributed by atoms with Gasteiger partial charge in [0.1, 0.15) is 6.07 Å². The van der Waals surface area contributed by atoms with E-state index in [9.17, 15) is 0 Å². The lowest BCUT2D eigenvalue weighted by molar-refractivity contribution is 0.842. The molecular weight excluding hydrogens is 210 g/mol. The van der Waals surface area contributed by atoms with Crippen molar-refractivity contribution in [2.45, 2.75) is 6.92 Å². The summed E-state index contributed by atoms with van der Waals surface area (Å²) in [5, 5.41) is 13.5. The molecule has 0 radical (unpaired) electrons. The molecule has 0 aliphatic rings. The SMILES string of the molecule is Cc1cc(C#N)nn1-c1ccccc1Cl. The summed E-state index contributed by atoms with van der Waals surface area (Å²) in [6, 6.07) is 11.1. The molecule has 0 aliphatic heterocycles. The number of aryl methyl sites for hydroxylation is 1. The van der Waals surface area contributed by atoms with Gasteiger partial charge in [0.05, 0.1) is 10.7 Å². The minimum absolute atomic E-state index is 0.396. The summed E-state index contributed by atoms with van der Waals surface area (Å²) in [7, 11) is 0. The molecule has 1 aromatic heterocycles. The van der Waals surface area contributed by atoms with E-state index >= 15 is 0 Å². The zero-order valence-electron chi connectivity index (χ0n) is 8.11. The molecule has 15 heavy (non-hydrogen) atoms. The quantitative estimate of drug-likeness (QED) is 0.737. The number of halogens is 1. The van der Waals surface area contributed by atoms with Crippen LogP contribution in [0.1, 0.15) is 11.4 Å². The molecule has 1 aromatic carbocycles. The number of nitrogens with zero attached hydrogens (tertiary/aromatic N) is 3. The number of aromatic nitrogens is 2. The Morgan fingerprint density at radius 1 is 1.40 bits per heavy atom. The largest absolute Gasteiger partial charge is 0.235 e. The molecule has 2 rings (SSSR count). The zero-order valence-corrected chi connectivity index (χ0v) is 8.86. The van der Waals surface area contributed by atoms with Crippen molar-refractivity contribution >= 4 is 11.6 Å². The Bertz CT molecular complexity index is 537. The minimum atomic E-state index is 0.396. The predicted molar refractivity (Wildman–Crippen MR) is 58.0 cm³/mol. The third-order valence-electron chi connectivity index (χ3n) is 2.08. The van der Waals surface area contributed by atoms with Gasteiger partial charge in [-0.25, -0.2) is 4.68 Å². The number of hydrogen-bond acceptors (Lipinski definition) is 2. The molecule has 0 N–H and O–H groups in total. The lowest BCUT2D eigenvalue weighted by Gasteiger charge is -2.05. The van der Waals surface area contributed by atoms with Crippen molar-refractivity contribution < 1.29 is 0 Å². The van der Waals surface area contributed by atoms with Crippen LogP contribution in [-0.4, -0.2) is 9.78 Å². The van der Waals surface area contributed by atoms with E-state index in [2.05, 4.69) is 5.10 Å². The predicted octanol–water partition coefficient (Wildman–Crippen LogP) is 2.71. The van der Waals surface area contributed by atoms with Gasteiger partial charge < -0.3 is 0 Å². The van der Waals surface area contributed by atoms with Gasteiger partial charge in [0.25, 0.3) is 0 Å². The molecule has 0 spiro atoms. The van der Waals surface area contributed by atoms with Crippen LogP contribution in [0.3, 0.4) is 0 Å². The van der Waals surface area contributed by atoms with Crippen molar-refractivity contribution in [3.05, 3.63) is 46.7 Å². The molecule has 2 aromatic rings. The van der Waals surface area contributed by atoms with Crippen LogP contribution in [0.4, 0.5) is 0 Å². The summed E-state index contributed by atoms with van der Waals surface area (Å²) >= 11 is 6.04. The molecule has 0 saturated carbocycles. The number of para-hydroxylation sites is 1. The van der Waals surface area contributed by atoms with Crippen LogP contribution in [0.2, 0.25) is 5.02 Å². The van der Waals surface area contributed by atoms with E-state index in [-0.39, 0.29) is 0 Å². The molecular formula is C11H8ClN3. The van der Waals surface area contributed by atoms with Crippen LogP contribution >= 0.6 is 11.6 Å². The Kier molecular flexibility index (Phi) is 2.44. The molecule has 0 amide bonds. The molecule has 0 bridgehead atoms. The first kappa shape index (κ1) is 9.75. The highest BCUT2D eigenvalue weighted by molar-refractivity contribution is 6.32. The second-order valence-corrected chi connectivity index (χ2v) is 3.55. The van der Waals surface area contributed by atoms with E-state index in [1.54, 1.807) is 16.8 Å². The van der Waals surface area contributed by atoms with Crippen LogP contribution < -0.4 is 0 Å². The highest BCUT2D eigenvalue weighted by atomic mass is 35.5. The molecule has 3 nitrogen and oxygen atoms in total. The van der Waals surface area contributed by atoms with Crippen LogP contribution in [-0.2, 0) is 0 Å².